The van der Waals surface area contributed by atoms with Crippen molar-refractivity contribution in [3.8, 4) is 6.07 Å². The van der Waals surface area contributed by atoms with Crippen LogP contribution in [0.25, 0.3) is 0 Å². The average Bonchev–Trinajstić information content (AvgIpc) is 2.40. The maximum atomic E-state index is 13.0. The van der Waals surface area contributed by atoms with Crippen LogP contribution >= 0.6 is 0 Å². The zero-order chi connectivity index (χ0) is 15.1. The quantitative estimate of drug-likeness (QED) is 0.471. The third kappa shape index (κ3) is 4.20. The summed E-state index contributed by atoms with van der Waals surface area (Å²) in [5.74, 6) is -4.09. The summed E-state index contributed by atoms with van der Waals surface area (Å²) < 4.78 is 30.4. The van der Waals surface area contributed by atoms with Gasteiger partial charge in [-0.15, -0.1) is 0 Å². The number of carbonyl (C=O) groups excluding carboxylic acids is 2. The molecule has 0 bridgehead atoms. The van der Waals surface area contributed by atoms with Crippen molar-refractivity contribution in [3.05, 3.63) is 29.3 Å². The van der Waals surface area contributed by atoms with Crippen molar-refractivity contribution < 1.29 is 23.1 Å². The highest BCUT2D eigenvalue weighted by Gasteiger charge is 2.16. The SMILES string of the molecule is N#CCCNC(=O)COC(=O)c1cc(F)c(F)cc1N. The first kappa shape index (κ1) is 15.4. The number of nitriles is 1. The van der Waals surface area contributed by atoms with E-state index in [2.05, 4.69) is 10.1 Å². The monoisotopic (exact) mass is 283 g/mol. The summed E-state index contributed by atoms with van der Waals surface area (Å²) in [7, 11) is 0. The number of ether oxygens (including phenoxy) is 1. The Balaban J connectivity index is 2.58. The molecule has 0 aliphatic carbocycles. The standard InChI is InChI=1S/C12H11F2N3O3/c13-8-4-7(10(16)5-9(8)14)12(19)20-6-11(18)17-3-1-2-15/h4-5H,1,3,6,16H2,(H,17,18). The summed E-state index contributed by atoms with van der Waals surface area (Å²) in [6.45, 7) is -0.483. The Morgan fingerprint density at radius 1 is 1.35 bits per heavy atom. The van der Waals surface area contributed by atoms with Crippen LogP contribution in [0.4, 0.5) is 14.5 Å². The largest absolute Gasteiger partial charge is 0.452 e. The van der Waals surface area contributed by atoms with Gasteiger partial charge in [-0.25, -0.2) is 13.6 Å². The van der Waals surface area contributed by atoms with Crippen LogP contribution in [0.15, 0.2) is 12.1 Å². The first-order chi connectivity index (χ1) is 9.45. The highest BCUT2D eigenvalue weighted by molar-refractivity contribution is 5.96. The van der Waals surface area contributed by atoms with E-state index in [0.29, 0.717) is 12.1 Å². The molecule has 0 spiro atoms. The second-order valence-corrected chi connectivity index (χ2v) is 3.69. The zero-order valence-corrected chi connectivity index (χ0v) is 10.3. The topological polar surface area (TPSA) is 105 Å². The average molecular weight is 283 g/mol. The molecule has 0 heterocycles. The third-order valence-corrected chi connectivity index (χ3v) is 2.21. The van der Waals surface area contributed by atoms with Gasteiger partial charge in [0.05, 0.1) is 18.1 Å². The molecule has 1 aromatic carbocycles. The van der Waals surface area contributed by atoms with Gasteiger partial charge in [0.2, 0.25) is 0 Å². The molecule has 0 aromatic heterocycles. The van der Waals surface area contributed by atoms with Crippen LogP contribution in [0.2, 0.25) is 0 Å². The van der Waals surface area contributed by atoms with Crippen LogP contribution < -0.4 is 11.1 Å². The lowest BCUT2D eigenvalue weighted by Gasteiger charge is -2.07. The Labute approximate surface area is 113 Å². The smallest absolute Gasteiger partial charge is 0.340 e. The molecule has 20 heavy (non-hydrogen) atoms. The van der Waals surface area contributed by atoms with E-state index in [0.717, 1.165) is 0 Å². The van der Waals surface area contributed by atoms with Gasteiger partial charge in [0.1, 0.15) is 0 Å². The van der Waals surface area contributed by atoms with Gasteiger partial charge in [-0.1, -0.05) is 0 Å². The fraction of sp³-hybridized carbons (Fsp3) is 0.250. The van der Waals surface area contributed by atoms with E-state index in [1.807, 2.05) is 6.07 Å². The van der Waals surface area contributed by atoms with Crippen molar-refractivity contribution in [2.24, 2.45) is 0 Å². The molecule has 0 atom stereocenters. The Morgan fingerprint density at radius 3 is 2.65 bits per heavy atom. The number of carbonyl (C=O) groups is 2. The molecular formula is C12H11F2N3O3. The highest BCUT2D eigenvalue weighted by atomic mass is 19.2. The summed E-state index contributed by atoms with van der Waals surface area (Å²) in [5, 5.41) is 10.6. The number of esters is 1. The van der Waals surface area contributed by atoms with E-state index in [1.165, 1.54) is 0 Å². The molecule has 0 fully saturated rings. The van der Waals surface area contributed by atoms with Crippen molar-refractivity contribution in [3.63, 3.8) is 0 Å². The van der Waals surface area contributed by atoms with Crippen molar-refractivity contribution >= 4 is 17.6 Å². The summed E-state index contributed by atoms with van der Waals surface area (Å²) in [4.78, 5) is 22.7. The normalized spacial score (nSPS) is 9.65. The van der Waals surface area contributed by atoms with Crippen molar-refractivity contribution in [2.45, 2.75) is 6.42 Å². The van der Waals surface area contributed by atoms with E-state index in [9.17, 15) is 18.4 Å². The van der Waals surface area contributed by atoms with E-state index in [1.54, 1.807) is 0 Å². The van der Waals surface area contributed by atoms with Gasteiger partial charge < -0.3 is 15.8 Å². The van der Waals surface area contributed by atoms with E-state index in [-0.39, 0.29) is 24.2 Å². The molecule has 1 amide bonds. The third-order valence-electron chi connectivity index (χ3n) is 2.21. The lowest BCUT2D eigenvalue weighted by Crippen LogP contribution is -2.29. The summed E-state index contributed by atoms with van der Waals surface area (Å²) >= 11 is 0. The summed E-state index contributed by atoms with van der Waals surface area (Å²) in [6.07, 6.45) is 0.121. The Bertz CT molecular complexity index is 570. The van der Waals surface area contributed by atoms with Gasteiger partial charge in [0.15, 0.2) is 18.2 Å². The Kier molecular flexibility index (Phi) is 5.41. The first-order valence-electron chi connectivity index (χ1n) is 5.51. The van der Waals surface area contributed by atoms with Crippen LogP contribution in [0.1, 0.15) is 16.8 Å². The number of rotatable bonds is 5. The fourth-order valence-corrected chi connectivity index (χ4v) is 1.26. The molecule has 6 nitrogen and oxygen atoms in total. The highest BCUT2D eigenvalue weighted by Crippen LogP contribution is 2.17. The van der Waals surface area contributed by atoms with E-state index >= 15 is 0 Å². The summed E-state index contributed by atoms with van der Waals surface area (Å²) in [5.41, 5.74) is 4.69. The lowest BCUT2D eigenvalue weighted by atomic mass is 10.1. The number of hydrogen-bond acceptors (Lipinski definition) is 5. The fourth-order valence-electron chi connectivity index (χ4n) is 1.26. The number of anilines is 1. The van der Waals surface area contributed by atoms with Gasteiger partial charge in [-0.2, -0.15) is 5.26 Å². The van der Waals surface area contributed by atoms with Gasteiger partial charge >= 0.3 is 5.97 Å². The zero-order valence-electron chi connectivity index (χ0n) is 10.3. The molecule has 1 aromatic rings. The number of benzene rings is 1. The van der Waals surface area contributed by atoms with Crippen LogP contribution in [0, 0.1) is 23.0 Å². The maximum Gasteiger partial charge on any atom is 0.340 e. The molecule has 0 aliphatic rings. The van der Waals surface area contributed by atoms with Crippen LogP contribution in [-0.2, 0) is 9.53 Å². The Hall–Kier alpha value is -2.69. The number of nitrogens with one attached hydrogen (secondary N) is 1. The predicted molar refractivity (Wildman–Crippen MR) is 64.3 cm³/mol. The number of nitrogen functional groups attached to an aromatic ring is 1. The second kappa shape index (κ2) is 7.04. The molecule has 0 saturated carbocycles. The Morgan fingerprint density at radius 2 is 2.00 bits per heavy atom. The van der Waals surface area contributed by atoms with Crippen LogP contribution in [0.5, 0.6) is 0 Å². The molecule has 106 valence electrons. The van der Waals surface area contributed by atoms with E-state index < -0.39 is 30.1 Å². The maximum absolute atomic E-state index is 13.0. The van der Waals surface area contributed by atoms with E-state index in [4.69, 9.17) is 11.0 Å². The van der Waals surface area contributed by atoms with Crippen LogP contribution in [0.3, 0.4) is 0 Å². The number of nitrogens with two attached hydrogens (primary N) is 1. The number of halogens is 2. The molecule has 0 aliphatic heterocycles. The molecule has 8 heteroatoms. The van der Waals surface area contributed by atoms with Crippen LogP contribution in [-0.4, -0.2) is 25.0 Å². The molecule has 1 rings (SSSR count). The van der Waals surface area contributed by atoms with Crippen molar-refractivity contribution in [2.75, 3.05) is 18.9 Å². The predicted octanol–water partition coefficient (Wildman–Crippen LogP) is 0.734. The minimum Gasteiger partial charge on any atom is -0.452 e. The summed E-state index contributed by atoms with van der Waals surface area (Å²) in [6, 6.07) is 3.07. The number of nitrogens with zero attached hydrogens (tertiary/aromatic N) is 1. The number of amides is 1. The molecule has 3 N–H and O–H groups in total. The van der Waals surface area contributed by atoms with Gasteiger partial charge in [0, 0.05) is 18.3 Å². The number of hydrogen-bond donors (Lipinski definition) is 2. The minimum atomic E-state index is -1.25. The molecular weight excluding hydrogens is 272 g/mol. The van der Waals surface area contributed by atoms with Gasteiger partial charge in [-0.05, 0) is 6.07 Å². The molecule has 0 saturated heterocycles. The van der Waals surface area contributed by atoms with Gasteiger partial charge in [0.25, 0.3) is 5.91 Å². The van der Waals surface area contributed by atoms with Crippen molar-refractivity contribution in [1.82, 2.24) is 5.32 Å². The first-order valence-corrected chi connectivity index (χ1v) is 5.51. The molecule has 0 radical (unpaired) electrons. The van der Waals surface area contributed by atoms with Crippen molar-refractivity contribution in [1.29, 1.82) is 5.26 Å². The molecule has 0 unspecified atom stereocenters. The second-order valence-electron chi connectivity index (χ2n) is 3.69. The minimum absolute atomic E-state index is 0.121. The van der Waals surface area contributed by atoms with Gasteiger partial charge in [-0.3, -0.25) is 4.79 Å². The lowest BCUT2D eigenvalue weighted by molar-refractivity contribution is -0.124.